The van der Waals surface area contributed by atoms with E-state index in [0.29, 0.717) is 0 Å². The van der Waals surface area contributed by atoms with Crippen LogP contribution in [0.5, 0.6) is 23.0 Å². The van der Waals surface area contributed by atoms with E-state index in [2.05, 4.69) is 0 Å². The molecule has 0 aliphatic carbocycles. The molecule has 0 unspecified atom stereocenters. The predicted molar refractivity (Wildman–Crippen MR) is 128 cm³/mol. The molecule has 0 heterocycles. The van der Waals surface area contributed by atoms with E-state index in [1.807, 2.05) is 76.2 Å². The molecule has 0 radical (unpaired) electrons. The Balaban J connectivity index is 0.000000410. The molecule has 0 spiro atoms. The summed E-state index contributed by atoms with van der Waals surface area (Å²) in [6.07, 6.45) is 0. The summed E-state index contributed by atoms with van der Waals surface area (Å²) in [7, 11) is 0. The van der Waals surface area contributed by atoms with Crippen molar-refractivity contribution in [3.05, 3.63) is 119 Å². The van der Waals surface area contributed by atoms with Gasteiger partial charge in [0.1, 0.15) is 0 Å². The van der Waals surface area contributed by atoms with Gasteiger partial charge in [-0.1, -0.05) is 119 Å². The summed E-state index contributed by atoms with van der Waals surface area (Å²) < 4.78 is 0. The van der Waals surface area contributed by atoms with Crippen LogP contribution >= 0.6 is 0 Å². The molecular weight excluding hydrogens is 519 g/mol. The van der Waals surface area contributed by atoms with Crippen molar-refractivity contribution >= 4 is 23.9 Å². The molecule has 0 bridgehead atoms. The van der Waals surface area contributed by atoms with E-state index in [9.17, 15) is 20.4 Å². The first-order valence-electron chi connectivity index (χ1n) is 10.1. The van der Waals surface area contributed by atoms with Crippen LogP contribution in [0.25, 0.3) is 0 Å². The van der Waals surface area contributed by atoms with E-state index in [-0.39, 0.29) is 46.9 Å². The van der Waals surface area contributed by atoms with Gasteiger partial charge in [-0.05, 0) is 27.7 Å². The number of hydrogen-bond donors (Lipinski definition) is 0. The van der Waals surface area contributed by atoms with Crippen LogP contribution < -0.4 is 20.4 Å². The largest absolute Gasteiger partial charge is 4.00 e. The second kappa shape index (κ2) is 16.5. The average molecular weight is 547 g/mol. The third-order valence-corrected chi connectivity index (χ3v) is 4.37. The third-order valence-electron chi connectivity index (χ3n) is 4.37. The predicted octanol–water partition coefficient (Wildman–Crippen LogP) is 3.89. The minimum atomic E-state index is 0. The van der Waals surface area contributed by atoms with Crippen molar-refractivity contribution in [3.8, 4) is 23.0 Å². The molecule has 0 aromatic heterocycles. The summed E-state index contributed by atoms with van der Waals surface area (Å²) in [4.78, 5) is 0. The maximum atomic E-state index is 10.6. The average Bonchev–Trinajstić information content (AvgIpc) is 2.78. The van der Waals surface area contributed by atoms with Gasteiger partial charge in [-0.25, -0.2) is 0 Å². The number of benzene rings is 4. The van der Waals surface area contributed by atoms with Crippen molar-refractivity contribution in [2.75, 3.05) is 0 Å². The molecule has 0 fully saturated rings. The second-order valence-corrected chi connectivity index (χ2v) is 7.06. The molecule has 168 valence electrons. The summed E-state index contributed by atoms with van der Waals surface area (Å²) in [5.74, 6) is 0.472. The van der Waals surface area contributed by atoms with E-state index < -0.39 is 0 Å². The maximum absolute atomic E-state index is 10.6. The fraction of sp³-hybridized carbons (Fsp3) is 0.143. The van der Waals surface area contributed by atoms with E-state index >= 15 is 0 Å². The van der Waals surface area contributed by atoms with Crippen LogP contribution in [0.2, 0.25) is 0 Å². The molecule has 0 N–H and O–H groups in total. The SMILES string of the molecule is Cc1ccccc1[O-].Cc1ccccc1[O-].Cc1ccccc1[O-].Cc1ccccc1[O-].[Sn+4]. The Kier molecular flexibility index (Phi) is 14.9. The molecule has 0 amide bonds. The van der Waals surface area contributed by atoms with Gasteiger partial charge in [-0.2, -0.15) is 0 Å². The molecule has 33 heavy (non-hydrogen) atoms. The van der Waals surface area contributed by atoms with Crippen LogP contribution in [0.15, 0.2) is 97.1 Å². The van der Waals surface area contributed by atoms with E-state index in [0.717, 1.165) is 22.3 Å². The van der Waals surface area contributed by atoms with Crippen LogP contribution in [0.1, 0.15) is 22.3 Å². The van der Waals surface area contributed by atoms with Gasteiger partial charge >= 0.3 is 23.9 Å². The van der Waals surface area contributed by atoms with Gasteiger partial charge < -0.3 is 20.4 Å². The Morgan fingerprint density at radius 3 is 0.576 bits per heavy atom. The molecule has 0 aliphatic heterocycles. The van der Waals surface area contributed by atoms with Crippen LogP contribution in [0.3, 0.4) is 0 Å². The van der Waals surface area contributed by atoms with Gasteiger partial charge in [0.25, 0.3) is 0 Å². The molecule has 0 saturated heterocycles. The van der Waals surface area contributed by atoms with Crippen LogP contribution in [-0.4, -0.2) is 23.9 Å². The number of aryl methyl sites for hydroxylation is 4. The Bertz CT molecular complexity index is 822. The van der Waals surface area contributed by atoms with Gasteiger partial charge in [-0.3, -0.25) is 0 Å². The van der Waals surface area contributed by atoms with E-state index in [1.165, 1.54) is 0 Å². The first kappa shape index (κ1) is 29.9. The van der Waals surface area contributed by atoms with E-state index in [1.54, 1.807) is 48.5 Å². The molecule has 4 aromatic rings. The fourth-order valence-corrected chi connectivity index (χ4v) is 2.23. The molecule has 0 saturated carbocycles. The van der Waals surface area contributed by atoms with Crippen molar-refractivity contribution in [1.82, 2.24) is 0 Å². The molecular formula is C28H28O4Sn. The van der Waals surface area contributed by atoms with Gasteiger partial charge in [0.05, 0.1) is 0 Å². The molecule has 0 atom stereocenters. The number of rotatable bonds is 0. The van der Waals surface area contributed by atoms with Crippen LogP contribution in [-0.2, 0) is 0 Å². The minimum absolute atomic E-state index is 0. The zero-order chi connectivity index (χ0) is 23.9. The minimum Gasteiger partial charge on any atom is -0.872 e. The zero-order valence-electron chi connectivity index (χ0n) is 19.4. The summed E-state index contributed by atoms with van der Waals surface area (Å²) in [5, 5.41) is 42.5. The number of para-hydroxylation sites is 4. The Hall–Kier alpha value is -3.12. The van der Waals surface area contributed by atoms with Gasteiger partial charge in [0, 0.05) is 0 Å². The normalized spacial score (nSPS) is 8.85. The van der Waals surface area contributed by atoms with Crippen LogP contribution in [0, 0.1) is 27.7 Å². The quantitative estimate of drug-likeness (QED) is 0.313. The monoisotopic (exact) mass is 548 g/mol. The van der Waals surface area contributed by atoms with Crippen LogP contribution in [0.4, 0.5) is 0 Å². The fourth-order valence-electron chi connectivity index (χ4n) is 2.23. The second-order valence-electron chi connectivity index (χ2n) is 7.06. The van der Waals surface area contributed by atoms with Crippen molar-refractivity contribution in [3.63, 3.8) is 0 Å². The van der Waals surface area contributed by atoms with Gasteiger partial charge in [0.15, 0.2) is 0 Å². The van der Waals surface area contributed by atoms with E-state index in [4.69, 9.17) is 0 Å². The summed E-state index contributed by atoms with van der Waals surface area (Å²) >= 11 is 0. The first-order valence-corrected chi connectivity index (χ1v) is 10.1. The van der Waals surface area contributed by atoms with Crippen molar-refractivity contribution < 1.29 is 20.4 Å². The van der Waals surface area contributed by atoms with Crippen molar-refractivity contribution in [1.29, 1.82) is 0 Å². The molecule has 4 aromatic carbocycles. The Labute approximate surface area is 213 Å². The zero-order valence-corrected chi connectivity index (χ0v) is 22.2. The smallest absolute Gasteiger partial charge is 0.872 e. The summed E-state index contributed by atoms with van der Waals surface area (Å²) in [6, 6.07) is 27.9. The molecule has 5 heteroatoms. The third kappa shape index (κ3) is 12.5. The van der Waals surface area contributed by atoms with Gasteiger partial charge in [0.2, 0.25) is 0 Å². The Morgan fingerprint density at radius 1 is 0.333 bits per heavy atom. The summed E-state index contributed by atoms with van der Waals surface area (Å²) in [5.41, 5.74) is 3.25. The summed E-state index contributed by atoms with van der Waals surface area (Å²) in [6.45, 7) is 7.23. The maximum Gasteiger partial charge on any atom is 4.00 e. The molecule has 0 aliphatic rings. The molecule has 4 nitrogen and oxygen atoms in total. The topological polar surface area (TPSA) is 92.2 Å². The Morgan fingerprint density at radius 2 is 0.485 bits per heavy atom. The number of hydrogen-bond acceptors (Lipinski definition) is 4. The van der Waals surface area contributed by atoms with Gasteiger partial charge in [-0.15, -0.1) is 23.0 Å². The van der Waals surface area contributed by atoms with Crippen molar-refractivity contribution in [2.24, 2.45) is 0 Å². The first-order chi connectivity index (χ1) is 15.2. The molecule has 4 rings (SSSR count). The standard InChI is InChI=1S/4C7H8O.Sn/c4*1-6-4-2-3-5-7(6)8;/h4*2-5,8H,1H3;/q;;;;+4/p-4. The van der Waals surface area contributed by atoms with Crippen molar-refractivity contribution in [2.45, 2.75) is 27.7 Å².